The van der Waals surface area contributed by atoms with Gasteiger partial charge in [-0.3, -0.25) is 0 Å². The first-order chi connectivity index (χ1) is 7.18. The summed E-state index contributed by atoms with van der Waals surface area (Å²) in [5, 5.41) is 8.48. The summed E-state index contributed by atoms with van der Waals surface area (Å²) in [5.41, 5.74) is -4.62. The highest BCUT2D eigenvalue weighted by Crippen LogP contribution is 2.38. The second kappa shape index (κ2) is 4.01. The Kier molecular flexibility index (Phi) is 3.23. The third-order valence-electron chi connectivity index (χ3n) is 1.82. The van der Waals surface area contributed by atoms with Gasteiger partial charge >= 0.3 is 19.8 Å². The van der Waals surface area contributed by atoms with Crippen molar-refractivity contribution < 1.29 is 31.4 Å². The van der Waals surface area contributed by atoms with Crippen molar-refractivity contribution in [2.45, 2.75) is 12.4 Å². The van der Waals surface area contributed by atoms with E-state index in [1.807, 2.05) is 0 Å². The zero-order chi connectivity index (χ0) is 12.6. The molecule has 1 rings (SSSR count). The van der Waals surface area contributed by atoms with Crippen molar-refractivity contribution in [2.24, 2.45) is 0 Å². The molecule has 87 valence electrons. The molecule has 1 nitrogen and oxygen atoms in total. The summed E-state index contributed by atoms with van der Waals surface area (Å²) in [6.07, 6.45) is -10.3. The van der Waals surface area contributed by atoms with Crippen LogP contribution in [0.5, 0.6) is 0 Å². The molecule has 0 heterocycles. The monoisotopic (exact) mass is 241 g/mol. The highest BCUT2D eigenvalue weighted by Gasteiger charge is 2.44. The first-order valence-corrected chi connectivity index (χ1v) is 3.92. The molecule has 16 heavy (non-hydrogen) atoms. The minimum atomic E-state index is -5.18. The third-order valence-corrected chi connectivity index (χ3v) is 1.82. The molecule has 1 radical (unpaired) electrons. The van der Waals surface area contributed by atoms with Crippen LogP contribution in [0.2, 0.25) is 0 Å². The molecule has 0 saturated heterocycles. The van der Waals surface area contributed by atoms with Gasteiger partial charge in [-0.15, -0.1) is 0 Å². The van der Waals surface area contributed by atoms with E-state index < -0.39 is 28.9 Å². The Hall–Kier alpha value is -1.18. The number of halogens is 6. The molecule has 0 atom stereocenters. The molecule has 0 aliphatic heterocycles. The second-order valence-electron chi connectivity index (χ2n) is 2.89. The molecule has 0 bridgehead atoms. The molecule has 0 aliphatic carbocycles. The highest BCUT2D eigenvalue weighted by atomic mass is 19.4. The van der Waals surface area contributed by atoms with Gasteiger partial charge in [0.05, 0.1) is 11.1 Å². The number of hydrogen-bond donors (Lipinski definition) is 1. The molecule has 0 spiro atoms. The van der Waals surface area contributed by atoms with E-state index >= 15 is 0 Å². The first-order valence-electron chi connectivity index (χ1n) is 3.92. The Labute approximate surface area is 87.0 Å². The van der Waals surface area contributed by atoms with Crippen LogP contribution in [0.25, 0.3) is 0 Å². The molecule has 0 aliphatic rings. The SMILES string of the molecule is O[B]c1cccc(C(F)(F)F)c1C(F)(F)F. The summed E-state index contributed by atoms with van der Waals surface area (Å²) in [4.78, 5) is 0. The van der Waals surface area contributed by atoms with Crippen molar-refractivity contribution in [1.29, 1.82) is 0 Å². The van der Waals surface area contributed by atoms with Crippen molar-refractivity contribution in [2.75, 3.05) is 0 Å². The van der Waals surface area contributed by atoms with Gasteiger partial charge in [-0.2, -0.15) is 26.3 Å². The van der Waals surface area contributed by atoms with Gasteiger partial charge in [-0.25, -0.2) is 0 Å². The molecular weight excluding hydrogens is 237 g/mol. The summed E-state index contributed by atoms with van der Waals surface area (Å²) < 4.78 is 74.1. The van der Waals surface area contributed by atoms with E-state index in [-0.39, 0.29) is 7.48 Å². The molecular formula is C8H4BF6O. The highest BCUT2D eigenvalue weighted by molar-refractivity contribution is 6.46. The zero-order valence-electron chi connectivity index (χ0n) is 7.52. The lowest BCUT2D eigenvalue weighted by molar-refractivity contribution is -0.161. The average Bonchev–Trinajstić information content (AvgIpc) is 2.13. The van der Waals surface area contributed by atoms with Crippen molar-refractivity contribution in [3.05, 3.63) is 29.3 Å². The molecule has 0 amide bonds. The van der Waals surface area contributed by atoms with Crippen LogP contribution in [-0.4, -0.2) is 12.5 Å². The number of benzene rings is 1. The van der Waals surface area contributed by atoms with E-state index in [1.54, 1.807) is 0 Å². The maximum absolute atomic E-state index is 12.4. The largest absolute Gasteiger partial charge is 0.450 e. The predicted molar refractivity (Wildman–Crippen MR) is 44.1 cm³/mol. The van der Waals surface area contributed by atoms with Crippen LogP contribution in [0, 0.1) is 0 Å². The molecule has 1 N–H and O–H groups in total. The lowest BCUT2D eigenvalue weighted by Gasteiger charge is -2.17. The Morgan fingerprint density at radius 1 is 0.938 bits per heavy atom. The van der Waals surface area contributed by atoms with Gasteiger partial charge in [0.1, 0.15) is 0 Å². The van der Waals surface area contributed by atoms with Gasteiger partial charge in [0.15, 0.2) is 0 Å². The summed E-state index contributed by atoms with van der Waals surface area (Å²) in [7, 11) is -0.00192. The van der Waals surface area contributed by atoms with Gasteiger partial charge in [0.25, 0.3) is 0 Å². The summed E-state index contributed by atoms with van der Waals surface area (Å²) in [5.74, 6) is 0. The molecule has 0 fully saturated rings. The Morgan fingerprint density at radius 2 is 1.50 bits per heavy atom. The molecule has 1 aromatic rings. The minimum absolute atomic E-state index is 0.00192. The fourth-order valence-electron chi connectivity index (χ4n) is 1.23. The lowest BCUT2D eigenvalue weighted by atomic mass is 9.82. The van der Waals surface area contributed by atoms with Crippen molar-refractivity contribution in [3.8, 4) is 0 Å². The molecule has 0 saturated carbocycles. The van der Waals surface area contributed by atoms with Crippen LogP contribution in [0.1, 0.15) is 11.1 Å². The van der Waals surface area contributed by atoms with E-state index in [4.69, 9.17) is 5.02 Å². The molecule has 8 heteroatoms. The van der Waals surface area contributed by atoms with Crippen LogP contribution in [0.3, 0.4) is 0 Å². The van der Waals surface area contributed by atoms with Crippen LogP contribution in [-0.2, 0) is 12.4 Å². The number of rotatable bonds is 1. The van der Waals surface area contributed by atoms with E-state index in [0.717, 1.165) is 12.1 Å². The first kappa shape index (κ1) is 12.9. The average molecular weight is 241 g/mol. The fraction of sp³-hybridized carbons (Fsp3) is 0.250. The molecule has 0 unspecified atom stereocenters. The van der Waals surface area contributed by atoms with Crippen molar-refractivity contribution >= 4 is 12.9 Å². The Morgan fingerprint density at radius 3 is 1.88 bits per heavy atom. The van der Waals surface area contributed by atoms with Crippen molar-refractivity contribution in [3.63, 3.8) is 0 Å². The number of alkyl halides is 6. The maximum Gasteiger partial charge on any atom is 0.416 e. The van der Waals surface area contributed by atoms with E-state index in [2.05, 4.69) is 0 Å². The van der Waals surface area contributed by atoms with Crippen LogP contribution in [0.4, 0.5) is 26.3 Å². The third kappa shape index (κ3) is 2.49. The van der Waals surface area contributed by atoms with Crippen LogP contribution < -0.4 is 5.46 Å². The fourth-order valence-corrected chi connectivity index (χ4v) is 1.23. The predicted octanol–water partition coefficient (Wildman–Crippen LogP) is 1.96. The summed E-state index contributed by atoms with van der Waals surface area (Å²) in [6.45, 7) is 0. The molecule has 1 aromatic carbocycles. The quantitative estimate of drug-likeness (QED) is 0.588. The van der Waals surface area contributed by atoms with Gasteiger partial charge < -0.3 is 5.02 Å². The van der Waals surface area contributed by atoms with E-state index in [1.165, 1.54) is 0 Å². The number of hydrogen-bond acceptors (Lipinski definition) is 1. The zero-order valence-corrected chi connectivity index (χ0v) is 7.52. The maximum atomic E-state index is 12.4. The van der Waals surface area contributed by atoms with Gasteiger partial charge in [0.2, 0.25) is 0 Å². The van der Waals surface area contributed by atoms with Crippen LogP contribution in [0.15, 0.2) is 18.2 Å². The minimum Gasteiger partial charge on any atom is -0.450 e. The summed E-state index contributed by atoms with van der Waals surface area (Å²) in [6, 6.07) is 1.86. The van der Waals surface area contributed by atoms with Gasteiger partial charge in [-0.05, 0) is 11.5 Å². The van der Waals surface area contributed by atoms with E-state index in [9.17, 15) is 26.3 Å². The second-order valence-corrected chi connectivity index (χ2v) is 2.89. The standard InChI is InChI=1S/C8H4BF6O/c10-7(11,12)4-2-1-3-5(9-16)6(4)8(13,14)15/h1-3,16H. The Balaban J connectivity index is 3.51. The van der Waals surface area contributed by atoms with Crippen LogP contribution >= 0.6 is 0 Å². The molecule has 0 aromatic heterocycles. The topological polar surface area (TPSA) is 20.2 Å². The lowest BCUT2D eigenvalue weighted by Crippen LogP contribution is -2.29. The van der Waals surface area contributed by atoms with Gasteiger partial charge in [0, 0.05) is 0 Å². The Bertz CT molecular complexity index is 383. The smallest absolute Gasteiger partial charge is 0.416 e. The van der Waals surface area contributed by atoms with Gasteiger partial charge in [-0.1, -0.05) is 12.1 Å². The van der Waals surface area contributed by atoms with E-state index in [0.29, 0.717) is 6.07 Å². The van der Waals surface area contributed by atoms with Crippen molar-refractivity contribution in [1.82, 2.24) is 0 Å². The summed E-state index contributed by atoms with van der Waals surface area (Å²) >= 11 is 0. The normalized spacial score (nSPS) is 12.7.